The molecule has 7 N–H and O–H groups in total. The van der Waals surface area contributed by atoms with E-state index in [9.17, 15) is 18.0 Å². The molecular weight excluding hydrogens is 391 g/mol. The van der Waals surface area contributed by atoms with E-state index in [1.54, 1.807) is 24.6 Å². The maximum atomic E-state index is 12.9. The van der Waals surface area contributed by atoms with Gasteiger partial charge in [0, 0.05) is 36.8 Å². The third-order valence-electron chi connectivity index (χ3n) is 4.01. The number of alkyl halides is 3. The number of carbonyl (C=O) groups excluding carboxylic acids is 1. The molecule has 0 aliphatic heterocycles. The number of amides is 1. The molecule has 28 heavy (non-hydrogen) atoms. The lowest BCUT2D eigenvalue weighted by Crippen LogP contribution is -2.41. The molecule has 1 unspecified atom stereocenters. The average molecular weight is 413 g/mol. The van der Waals surface area contributed by atoms with Gasteiger partial charge in [-0.1, -0.05) is 18.2 Å². The molecule has 2 rings (SSSR count). The molecule has 152 valence electrons. The van der Waals surface area contributed by atoms with Crippen LogP contribution in [0.25, 0.3) is 5.70 Å². The van der Waals surface area contributed by atoms with Gasteiger partial charge in [0.15, 0.2) is 0 Å². The molecule has 0 spiro atoms. The highest BCUT2D eigenvalue weighted by Crippen LogP contribution is 2.29. The molecular formula is C18H22F3N5OS. The number of thiophene rings is 1. The van der Waals surface area contributed by atoms with Crippen LogP contribution in [0.15, 0.2) is 41.9 Å². The van der Waals surface area contributed by atoms with Crippen LogP contribution < -0.4 is 22.6 Å². The quantitative estimate of drug-likeness (QED) is 0.411. The number of carbonyl (C=O) groups is 1. The van der Waals surface area contributed by atoms with Crippen LogP contribution in [-0.2, 0) is 12.6 Å². The fourth-order valence-electron chi connectivity index (χ4n) is 2.62. The van der Waals surface area contributed by atoms with E-state index in [0.717, 1.165) is 12.1 Å². The number of nitrogens with two attached hydrogens (primary N) is 3. The Morgan fingerprint density at radius 3 is 2.64 bits per heavy atom. The molecule has 10 heteroatoms. The molecule has 0 radical (unpaired) electrons. The van der Waals surface area contributed by atoms with Gasteiger partial charge in [-0.3, -0.25) is 4.79 Å². The number of nitrogens with one attached hydrogen (secondary N) is 1. The van der Waals surface area contributed by atoms with Crippen LogP contribution in [0.4, 0.5) is 13.2 Å². The van der Waals surface area contributed by atoms with Gasteiger partial charge in [-0.2, -0.15) is 13.2 Å². The summed E-state index contributed by atoms with van der Waals surface area (Å²) in [5, 5.41) is 5.83. The standard InChI is InChI=1S/C18H22F3N5OS/c1-26(24)15(9-23)12-7-16(28-10-12)17(27)25-14(8-22)6-11-3-2-4-13(5-11)18(19,20)21/h2-5,7,9-10,14H,6,8,22-24H2,1H3,(H,25,27)/b15-9-. The van der Waals surface area contributed by atoms with Crippen molar-refractivity contribution in [1.82, 2.24) is 10.3 Å². The summed E-state index contributed by atoms with van der Waals surface area (Å²) in [7, 11) is 1.62. The highest BCUT2D eigenvalue weighted by atomic mass is 32.1. The first-order chi connectivity index (χ1) is 13.2. The van der Waals surface area contributed by atoms with Gasteiger partial charge < -0.3 is 21.8 Å². The fraction of sp³-hybridized carbons (Fsp3) is 0.278. The van der Waals surface area contributed by atoms with E-state index >= 15 is 0 Å². The van der Waals surface area contributed by atoms with Crippen molar-refractivity contribution in [3.8, 4) is 0 Å². The second-order valence-electron chi connectivity index (χ2n) is 6.17. The number of halogens is 3. The second kappa shape index (κ2) is 9.09. The van der Waals surface area contributed by atoms with Crippen molar-refractivity contribution in [3.63, 3.8) is 0 Å². The summed E-state index contributed by atoms with van der Waals surface area (Å²) in [5.41, 5.74) is 12.2. The van der Waals surface area contributed by atoms with Gasteiger partial charge in [0.05, 0.1) is 16.1 Å². The van der Waals surface area contributed by atoms with Crippen LogP contribution in [0.2, 0.25) is 0 Å². The Hall–Kier alpha value is -2.56. The van der Waals surface area contributed by atoms with E-state index in [-0.39, 0.29) is 18.9 Å². The van der Waals surface area contributed by atoms with Crippen molar-refractivity contribution in [2.24, 2.45) is 17.3 Å². The number of hydrogen-bond acceptors (Lipinski definition) is 6. The molecule has 0 saturated carbocycles. The first-order valence-electron chi connectivity index (χ1n) is 8.32. The number of benzene rings is 1. The summed E-state index contributed by atoms with van der Waals surface area (Å²) in [6.45, 7) is 0.0830. The molecule has 1 aromatic heterocycles. The maximum Gasteiger partial charge on any atom is 0.416 e. The normalized spacial score (nSPS) is 13.3. The van der Waals surface area contributed by atoms with Gasteiger partial charge in [0.1, 0.15) is 0 Å². The van der Waals surface area contributed by atoms with E-state index in [0.29, 0.717) is 21.7 Å². The van der Waals surface area contributed by atoms with Crippen LogP contribution in [0.3, 0.4) is 0 Å². The van der Waals surface area contributed by atoms with E-state index < -0.39 is 17.8 Å². The van der Waals surface area contributed by atoms with Gasteiger partial charge in [-0.05, 0) is 24.1 Å². The van der Waals surface area contributed by atoms with Crippen molar-refractivity contribution >= 4 is 22.9 Å². The van der Waals surface area contributed by atoms with Crippen LogP contribution in [0.5, 0.6) is 0 Å². The molecule has 0 fully saturated rings. The Labute approximate surface area is 164 Å². The summed E-state index contributed by atoms with van der Waals surface area (Å²) >= 11 is 1.20. The molecule has 1 heterocycles. The third kappa shape index (κ3) is 5.47. The Bertz CT molecular complexity index is 848. The van der Waals surface area contributed by atoms with Gasteiger partial charge >= 0.3 is 6.18 Å². The largest absolute Gasteiger partial charge is 0.416 e. The molecule has 1 amide bonds. The van der Waals surface area contributed by atoms with Gasteiger partial charge in [-0.15, -0.1) is 11.3 Å². The number of hydrazine groups is 1. The predicted octanol–water partition coefficient (Wildman–Crippen LogP) is 2.13. The Kier molecular flexibility index (Phi) is 7.05. The molecule has 0 saturated heterocycles. The monoisotopic (exact) mass is 413 g/mol. The molecule has 2 aromatic rings. The van der Waals surface area contributed by atoms with Crippen molar-refractivity contribution < 1.29 is 18.0 Å². The Balaban J connectivity index is 2.09. The fourth-order valence-corrected chi connectivity index (χ4v) is 3.42. The number of hydrogen-bond donors (Lipinski definition) is 4. The first kappa shape index (κ1) is 21.7. The number of nitrogens with zero attached hydrogens (tertiary/aromatic N) is 1. The zero-order valence-corrected chi connectivity index (χ0v) is 16.0. The van der Waals surface area contributed by atoms with E-state index in [4.69, 9.17) is 17.3 Å². The molecule has 0 aliphatic carbocycles. The van der Waals surface area contributed by atoms with Crippen molar-refractivity contribution in [3.05, 3.63) is 63.5 Å². The lowest BCUT2D eigenvalue weighted by atomic mass is 10.0. The summed E-state index contributed by atoms with van der Waals surface area (Å²) in [6.07, 6.45) is -2.90. The summed E-state index contributed by atoms with van der Waals surface area (Å²) < 4.78 is 38.6. The lowest BCUT2D eigenvalue weighted by Gasteiger charge is -2.17. The Morgan fingerprint density at radius 2 is 2.07 bits per heavy atom. The number of rotatable bonds is 7. The van der Waals surface area contributed by atoms with Crippen LogP contribution >= 0.6 is 11.3 Å². The maximum absolute atomic E-state index is 12.9. The van der Waals surface area contributed by atoms with Crippen molar-refractivity contribution in [2.75, 3.05) is 13.6 Å². The van der Waals surface area contributed by atoms with Gasteiger partial charge in [0.2, 0.25) is 0 Å². The molecule has 1 atom stereocenters. The average Bonchev–Trinajstić information content (AvgIpc) is 3.10. The summed E-state index contributed by atoms with van der Waals surface area (Å²) in [5.74, 6) is 5.32. The topological polar surface area (TPSA) is 110 Å². The zero-order chi connectivity index (χ0) is 20.9. The zero-order valence-electron chi connectivity index (χ0n) is 15.2. The second-order valence-corrected chi connectivity index (χ2v) is 7.08. The highest BCUT2D eigenvalue weighted by molar-refractivity contribution is 7.12. The van der Waals surface area contributed by atoms with Crippen LogP contribution in [0.1, 0.15) is 26.4 Å². The SMILES string of the molecule is CN(N)/C(=C\N)c1csc(C(=O)NC(CN)Cc2cccc(C(F)(F)F)c2)c1. The van der Waals surface area contributed by atoms with Crippen molar-refractivity contribution in [2.45, 2.75) is 18.6 Å². The van der Waals surface area contributed by atoms with Crippen LogP contribution in [0, 0.1) is 0 Å². The van der Waals surface area contributed by atoms with Gasteiger partial charge in [0.25, 0.3) is 5.91 Å². The first-order valence-corrected chi connectivity index (χ1v) is 9.20. The van der Waals surface area contributed by atoms with E-state index in [2.05, 4.69) is 5.32 Å². The minimum atomic E-state index is -4.42. The van der Waals surface area contributed by atoms with E-state index in [1.165, 1.54) is 28.6 Å². The predicted molar refractivity (Wildman–Crippen MR) is 104 cm³/mol. The van der Waals surface area contributed by atoms with Gasteiger partial charge in [-0.25, -0.2) is 5.84 Å². The highest BCUT2D eigenvalue weighted by Gasteiger charge is 2.30. The van der Waals surface area contributed by atoms with Crippen LogP contribution in [-0.4, -0.2) is 30.6 Å². The smallest absolute Gasteiger partial charge is 0.403 e. The minimum absolute atomic E-state index is 0.0830. The summed E-state index contributed by atoms with van der Waals surface area (Å²) in [4.78, 5) is 12.9. The molecule has 6 nitrogen and oxygen atoms in total. The molecule has 0 aliphatic rings. The Morgan fingerprint density at radius 1 is 1.36 bits per heavy atom. The van der Waals surface area contributed by atoms with Crippen molar-refractivity contribution in [1.29, 1.82) is 0 Å². The minimum Gasteiger partial charge on any atom is -0.403 e. The van der Waals surface area contributed by atoms with E-state index in [1.807, 2.05) is 0 Å². The third-order valence-corrected chi connectivity index (χ3v) is 4.94. The summed E-state index contributed by atoms with van der Waals surface area (Å²) in [6, 6.07) is 6.10. The lowest BCUT2D eigenvalue weighted by molar-refractivity contribution is -0.137. The molecule has 1 aromatic carbocycles. The molecule has 0 bridgehead atoms.